The average Bonchev–Trinajstić information content (AvgIpc) is 2.52. The van der Waals surface area contributed by atoms with Gasteiger partial charge in [0, 0.05) is 23.1 Å². The van der Waals surface area contributed by atoms with Crippen LogP contribution >= 0.6 is 12.8 Å². The van der Waals surface area contributed by atoms with Gasteiger partial charge in [-0.25, -0.2) is 4.98 Å². The number of aromatic nitrogens is 1. The molecule has 1 aromatic heterocycles. The molecule has 2 aromatic rings. The summed E-state index contributed by atoms with van der Waals surface area (Å²) < 4.78 is 1.83. The van der Waals surface area contributed by atoms with Gasteiger partial charge in [-0.3, -0.25) is 4.31 Å². The maximum Gasteiger partial charge on any atom is 0.138 e. The highest BCUT2D eigenvalue weighted by Crippen LogP contribution is 2.36. The van der Waals surface area contributed by atoms with E-state index in [2.05, 4.69) is 48.8 Å². The fraction of sp³-hybridized carbons (Fsp3) is 0.118. The van der Waals surface area contributed by atoms with Crippen molar-refractivity contribution in [2.75, 3.05) is 16.2 Å². The Morgan fingerprint density at radius 1 is 1.19 bits per heavy atom. The van der Waals surface area contributed by atoms with E-state index in [1.807, 2.05) is 34.6 Å². The molecule has 0 saturated carbocycles. The number of allylic oxidation sites excluding steroid dienone is 1. The predicted octanol–water partition coefficient (Wildman–Crippen LogP) is 4.15. The number of thiol groups is 1. The molecule has 0 saturated heterocycles. The molecule has 1 aromatic carbocycles. The van der Waals surface area contributed by atoms with Crippen LogP contribution in [-0.2, 0) is 0 Å². The summed E-state index contributed by atoms with van der Waals surface area (Å²) in [5.41, 5.74) is 5.54. The highest BCUT2D eigenvalue weighted by Gasteiger charge is 2.20. The molecule has 1 aliphatic rings. The van der Waals surface area contributed by atoms with Gasteiger partial charge in [-0.2, -0.15) is 0 Å². The van der Waals surface area contributed by atoms with Gasteiger partial charge >= 0.3 is 0 Å². The van der Waals surface area contributed by atoms with E-state index in [0.717, 1.165) is 33.9 Å². The zero-order valence-electron chi connectivity index (χ0n) is 11.9. The zero-order chi connectivity index (χ0) is 14.8. The minimum Gasteiger partial charge on any atom is -0.358 e. The van der Waals surface area contributed by atoms with Gasteiger partial charge in [0.1, 0.15) is 5.82 Å². The monoisotopic (exact) mass is 295 g/mol. The number of hydrogen-bond acceptors (Lipinski definition) is 4. The van der Waals surface area contributed by atoms with E-state index in [0.29, 0.717) is 6.54 Å². The molecule has 4 heteroatoms. The first-order chi connectivity index (χ1) is 10.2. The zero-order valence-corrected chi connectivity index (χ0v) is 12.8. The molecule has 0 aliphatic carbocycles. The van der Waals surface area contributed by atoms with Crippen molar-refractivity contribution in [2.24, 2.45) is 0 Å². The first-order valence-electron chi connectivity index (χ1n) is 6.79. The van der Waals surface area contributed by atoms with Crippen LogP contribution in [0.4, 0.5) is 11.5 Å². The van der Waals surface area contributed by atoms with Crippen molar-refractivity contribution in [2.45, 2.75) is 6.92 Å². The lowest BCUT2D eigenvalue weighted by Gasteiger charge is -2.27. The Balaban J connectivity index is 1.87. The minimum atomic E-state index is 0.645. The van der Waals surface area contributed by atoms with Crippen molar-refractivity contribution in [3.8, 4) is 0 Å². The molecule has 21 heavy (non-hydrogen) atoms. The van der Waals surface area contributed by atoms with Gasteiger partial charge in [-0.05, 0) is 36.3 Å². The first-order valence-corrected chi connectivity index (χ1v) is 7.19. The van der Waals surface area contributed by atoms with Gasteiger partial charge in [0.25, 0.3) is 0 Å². The molecule has 3 rings (SSSR count). The van der Waals surface area contributed by atoms with Gasteiger partial charge in [0.2, 0.25) is 0 Å². The summed E-state index contributed by atoms with van der Waals surface area (Å²) in [5.74, 6) is 0.827. The SMILES string of the molecule is C=C1C(CN(S)c2ccccn2)=C(C)Nc2ccccc21. The number of anilines is 2. The number of pyridine rings is 1. The average molecular weight is 295 g/mol. The molecule has 0 radical (unpaired) electrons. The number of rotatable bonds is 3. The second-order valence-electron chi connectivity index (χ2n) is 5.00. The summed E-state index contributed by atoms with van der Waals surface area (Å²) in [6, 6.07) is 14.0. The Morgan fingerprint density at radius 2 is 1.95 bits per heavy atom. The van der Waals surface area contributed by atoms with Crippen LogP contribution in [0.2, 0.25) is 0 Å². The third-order valence-electron chi connectivity index (χ3n) is 3.61. The number of benzene rings is 1. The van der Waals surface area contributed by atoms with Crippen LogP contribution in [0.25, 0.3) is 5.57 Å². The van der Waals surface area contributed by atoms with E-state index in [1.54, 1.807) is 6.20 Å². The number of nitrogens with zero attached hydrogens (tertiary/aromatic N) is 2. The van der Waals surface area contributed by atoms with E-state index in [1.165, 1.54) is 0 Å². The lowest BCUT2D eigenvalue weighted by Crippen LogP contribution is -2.21. The molecule has 0 atom stereocenters. The smallest absolute Gasteiger partial charge is 0.138 e. The van der Waals surface area contributed by atoms with Gasteiger partial charge < -0.3 is 5.32 Å². The molecule has 0 fully saturated rings. The van der Waals surface area contributed by atoms with Crippen molar-refractivity contribution in [1.29, 1.82) is 0 Å². The molecule has 0 bridgehead atoms. The molecule has 1 N–H and O–H groups in total. The third-order valence-corrected chi connectivity index (χ3v) is 3.96. The largest absolute Gasteiger partial charge is 0.358 e. The first kappa shape index (κ1) is 13.8. The van der Waals surface area contributed by atoms with Gasteiger partial charge in [-0.15, -0.1) is 0 Å². The Labute approximate surface area is 130 Å². The summed E-state index contributed by atoms with van der Waals surface area (Å²) in [6.07, 6.45) is 1.77. The second-order valence-corrected chi connectivity index (χ2v) is 5.48. The lowest BCUT2D eigenvalue weighted by atomic mass is 9.93. The van der Waals surface area contributed by atoms with Gasteiger partial charge in [0.05, 0.1) is 6.54 Å². The van der Waals surface area contributed by atoms with E-state index >= 15 is 0 Å². The lowest BCUT2D eigenvalue weighted by molar-refractivity contribution is 1.08. The Hall–Kier alpha value is -2.20. The maximum atomic E-state index is 4.55. The Bertz CT molecular complexity index is 707. The fourth-order valence-electron chi connectivity index (χ4n) is 2.47. The number of fused-ring (bicyclic) bond motifs is 1. The van der Waals surface area contributed by atoms with Crippen LogP contribution in [-0.4, -0.2) is 11.5 Å². The van der Waals surface area contributed by atoms with Crippen molar-refractivity contribution >= 4 is 29.9 Å². The van der Waals surface area contributed by atoms with Crippen LogP contribution in [0.3, 0.4) is 0 Å². The molecular weight excluding hydrogens is 278 g/mol. The Morgan fingerprint density at radius 3 is 2.71 bits per heavy atom. The third kappa shape index (κ3) is 2.67. The molecule has 0 amide bonds. The van der Waals surface area contributed by atoms with Crippen LogP contribution in [0, 0.1) is 0 Å². The molecule has 0 unspecified atom stereocenters. The predicted molar refractivity (Wildman–Crippen MR) is 92.4 cm³/mol. The summed E-state index contributed by atoms with van der Waals surface area (Å²) in [7, 11) is 0. The van der Waals surface area contributed by atoms with Crippen LogP contribution in [0.5, 0.6) is 0 Å². The van der Waals surface area contributed by atoms with Crippen molar-refractivity contribution in [1.82, 2.24) is 4.98 Å². The molecule has 1 aliphatic heterocycles. The van der Waals surface area contributed by atoms with Crippen molar-refractivity contribution in [3.63, 3.8) is 0 Å². The summed E-state index contributed by atoms with van der Waals surface area (Å²) in [4.78, 5) is 4.32. The van der Waals surface area contributed by atoms with Crippen molar-refractivity contribution < 1.29 is 0 Å². The highest BCUT2D eigenvalue weighted by atomic mass is 32.1. The van der Waals surface area contributed by atoms with Gasteiger partial charge in [0.15, 0.2) is 0 Å². The van der Waals surface area contributed by atoms with E-state index in [4.69, 9.17) is 0 Å². The van der Waals surface area contributed by atoms with E-state index in [-0.39, 0.29) is 0 Å². The normalized spacial score (nSPS) is 13.7. The highest BCUT2D eigenvalue weighted by molar-refractivity contribution is 7.81. The second kappa shape index (κ2) is 5.66. The number of para-hydroxylation sites is 1. The molecule has 3 nitrogen and oxygen atoms in total. The maximum absolute atomic E-state index is 4.55. The summed E-state index contributed by atoms with van der Waals surface area (Å²) in [5, 5.41) is 3.43. The molecule has 106 valence electrons. The molecule has 0 spiro atoms. The summed E-state index contributed by atoms with van der Waals surface area (Å²) >= 11 is 4.55. The van der Waals surface area contributed by atoms with Crippen molar-refractivity contribution in [3.05, 3.63) is 72.1 Å². The van der Waals surface area contributed by atoms with Gasteiger partial charge in [-0.1, -0.05) is 43.7 Å². The summed E-state index contributed by atoms with van der Waals surface area (Å²) in [6.45, 7) is 6.97. The molecular formula is C17H17N3S. The minimum absolute atomic E-state index is 0.645. The molecule has 2 heterocycles. The van der Waals surface area contributed by atoms with E-state index < -0.39 is 0 Å². The van der Waals surface area contributed by atoms with Crippen LogP contribution < -0.4 is 9.62 Å². The number of nitrogens with one attached hydrogen (secondary N) is 1. The number of hydrogen-bond donors (Lipinski definition) is 2. The standard InChI is InChI=1S/C17H17N3S/c1-12-14-7-3-4-8-16(14)19-13(2)15(12)11-20(21)17-9-5-6-10-18-17/h3-10,19,21H,1,11H2,2H3. The Kier molecular flexibility index (Phi) is 3.71. The fourth-order valence-corrected chi connectivity index (χ4v) is 2.73. The topological polar surface area (TPSA) is 28.2 Å². The quantitative estimate of drug-likeness (QED) is 0.833. The van der Waals surface area contributed by atoms with Crippen LogP contribution in [0.15, 0.2) is 66.5 Å². The van der Waals surface area contributed by atoms with E-state index in [9.17, 15) is 0 Å². The van der Waals surface area contributed by atoms with Crippen LogP contribution in [0.1, 0.15) is 12.5 Å².